The lowest BCUT2D eigenvalue weighted by Gasteiger charge is -2.09. The number of aromatic nitrogens is 3. The van der Waals surface area contributed by atoms with E-state index < -0.39 is 0 Å². The molecule has 30 heavy (non-hydrogen) atoms. The first-order valence-electron chi connectivity index (χ1n) is 9.94. The van der Waals surface area contributed by atoms with Gasteiger partial charge in [0.05, 0.1) is 11.4 Å². The summed E-state index contributed by atoms with van der Waals surface area (Å²) in [4.78, 5) is 9.33. The van der Waals surface area contributed by atoms with Crippen molar-refractivity contribution in [3.63, 3.8) is 0 Å². The Bertz CT molecular complexity index is 1300. The maximum atomic E-state index is 4.68. The highest BCUT2D eigenvalue weighted by Gasteiger charge is 2.20. The third-order valence-corrected chi connectivity index (χ3v) is 5.22. The van der Waals surface area contributed by atoms with Crippen LogP contribution in [-0.4, -0.2) is 33.5 Å². The minimum Gasteiger partial charge on any atom is -0.259 e. The highest BCUT2D eigenvalue weighted by Crippen LogP contribution is 2.29. The number of rotatable bonds is 4. The van der Waals surface area contributed by atoms with Crippen LogP contribution in [0, 0.1) is 13.8 Å². The molecular formula is C25H21N5. The summed E-state index contributed by atoms with van der Waals surface area (Å²) in [5.41, 5.74) is 10.1. The van der Waals surface area contributed by atoms with Gasteiger partial charge in [-0.2, -0.15) is 15.4 Å². The zero-order chi connectivity index (χ0) is 20.5. The third kappa shape index (κ3) is 3.35. The summed E-state index contributed by atoms with van der Waals surface area (Å²) in [7, 11) is 0. The molecule has 5 rings (SSSR count). The number of nitrogens with one attached hydrogen (secondary N) is 1. The monoisotopic (exact) mass is 391 g/mol. The maximum Gasteiger partial charge on any atom is 0.130 e. The molecule has 0 radical (unpaired) electrons. The van der Waals surface area contributed by atoms with E-state index >= 15 is 0 Å². The van der Waals surface area contributed by atoms with E-state index in [0.29, 0.717) is 6.67 Å². The summed E-state index contributed by atoms with van der Waals surface area (Å²) < 4.78 is 0. The zero-order valence-electron chi connectivity index (χ0n) is 16.9. The fourth-order valence-electron chi connectivity index (χ4n) is 3.81. The van der Waals surface area contributed by atoms with Crippen molar-refractivity contribution in [3.05, 3.63) is 95.1 Å². The smallest absolute Gasteiger partial charge is 0.130 e. The van der Waals surface area contributed by atoms with Gasteiger partial charge in [-0.15, -0.1) is 0 Å². The van der Waals surface area contributed by atoms with E-state index in [2.05, 4.69) is 99.9 Å². The van der Waals surface area contributed by atoms with Crippen LogP contribution in [0.5, 0.6) is 0 Å². The molecule has 146 valence electrons. The van der Waals surface area contributed by atoms with Gasteiger partial charge in [-0.1, -0.05) is 65.7 Å². The molecule has 1 aliphatic rings. The normalized spacial score (nSPS) is 13.3. The van der Waals surface area contributed by atoms with E-state index in [1.807, 2.05) is 12.1 Å². The minimum atomic E-state index is 0.460. The molecule has 0 unspecified atom stereocenters. The summed E-state index contributed by atoms with van der Waals surface area (Å²) in [6.45, 7) is 4.63. The molecule has 0 spiro atoms. The number of H-pyrrole nitrogens is 1. The Balaban J connectivity index is 1.54. The second-order valence-corrected chi connectivity index (χ2v) is 7.50. The summed E-state index contributed by atoms with van der Waals surface area (Å²) in [5, 5.41) is 11.6. The Hall–Kier alpha value is -3.86. The van der Waals surface area contributed by atoms with Crippen molar-refractivity contribution in [3.8, 4) is 22.5 Å². The van der Waals surface area contributed by atoms with Gasteiger partial charge < -0.3 is 0 Å². The number of aliphatic imine (C=N–C) groups is 2. The van der Waals surface area contributed by atoms with Gasteiger partial charge in [-0.05, 0) is 32.0 Å². The molecule has 0 bridgehead atoms. The molecule has 0 amide bonds. The van der Waals surface area contributed by atoms with Crippen LogP contribution in [0.3, 0.4) is 0 Å². The SMILES string of the molecule is Cc1cccc(C2=NCN=C2c2cccc(-c3n[nH]nc3-c3cccc(C)c3)c2)c1. The Morgan fingerprint density at radius 1 is 0.600 bits per heavy atom. The van der Waals surface area contributed by atoms with Crippen LogP contribution < -0.4 is 0 Å². The van der Waals surface area contributed by atoms with E-state index in [4.69, 9.17) is 0 Å². The van der Waals surface area contributed by atoms with Crippen molar-refractivity contribution in [1.29, 1.82) is 0 Å². The second-order valence-electron chi connectivity index (χ2n) is 7.50. The van der Waals surface area contributed by atoms with Crippen LogP contribution >= 0.6 is 0 Å². The highest BCUT2D eigenvalue weighted by atomic mass is 15.3. The van der Waals surface area contributed by atoms with Crippen molar-refractivity contribution in [2.75, 3.05) is 6.67 Å². The van der Waals surface area contributed by atoms with E-state index in [1.54, 1.807) is 0 Å². The van der Waals surface area contributed by atoms with Gasteiger partial charge in [0.15, 0.2) is 0 Å². The van der Waals surface area contributed by atoms with Crippen molar-refractivity contribution < 1.29 is 0 Å². The van der Waals surface area contributed by atoms with Crippen molar-refractivity contribution in [2.45, 2.75) is 13.8 Å². The molecule has 1 aliphatic heterocycles. The molecule has 0 fully saturated rings. The largest absolute Gasteiger partial charge is 0.259 e. The maximum absolute atomic E-state index is 4.68. The van der Waals surface area contributed by atoms with E-state index in [-0.39, 0.29) is 0 Å². The fraction of sp³-hybridized carbons (Fsp3) is 0.120. The molecule has 0 saturated carbocycles. The molecule has 2 heterocycles. The average molecular weight is 391 g/mol. The molecule has 0 saturated heterocycles. The van der Waals surface area contributed by atoms with Gasteiger partial charge >= 0.3 is 0 Å². The van der Waals surface area contributed by atoms with Crippen LogP contribution in [0.4, 0.5) is 0 Å². The number of aromatic amines is 1. The molecule has 5 nitrogen and oxygen atoms in total. The number of nitrogens with zero attached hydrogens (tertiary/aromatic N) is 4. The number of benzene rings is 3. The van der Waals surface area contributed by atoms with Crippen molar-refractivity contribution in [2.24, 2.45) is 9.98 Å². The first-order valence-corrected chi connectivity index (χ1v) is 9.94. The summed E-state index contributed by atoms with van der Waals surface area (Å²) in [6, 6.07) is 25.0. The molecule has 1 aromatic heterocycles. The molecule has 5 heteroatoms. The predicted octanol–water partition coefficient (Wildman–Crippen LogP) is 5.01. The Morgan fingerprint density at radius 2 is 1.07 bits per heavy atom. The molecule has 4 aromatic rings. The third-order valence-electron chi connectivity index (χ3n) is 5.22. The van der Waals surface area contributed by atoms with Crippen LogP contribution in [0.2, 0.25) is 0 Å². The topological polar surface area (TPSA) is 66.3 Å². The standard InChI is InChI=1S/C25H21N5/c1-16-6-3-8-18(12-16)22-23(27-15-26-22)20-10-5-11-21(14-20)25-24(28-30-29-25)19-9-4-7-17(2)13-19/h3-14H,15H2,1-2H3,(H,28,29,30). The summed E-state index contributed by atoms with van der Waals surface area (Å²) in [5.74, 6) is 0. The zero-order valence-corrected chi connectivity index (χ0v) is 16.9. The predicted molar refractivity (Wildman–Crippen MR) is 121 cm³/mol. The summed E-state index contributed by atoms with van der Waals surface area (Å²) in [6.07, 6.45) is 0. The van der Waals surface area contributed by atoms with Crippen LogP contribution in [-0.2, 0) is 0 Å². The quantitative estimate of drug-likeness (QED) is 0.532. The molecular weight excluding hydrogens is 370 g/mol. The van der Waals surface area contributed by atoms with Gasteiger partial charge in [0.2, 0.25) is 0 Å². The van der Waals surface area contributed by atoms with Gasteiger partial charge in [-0.3, -0.25) is 9.98 Å². The Labute approximate surface area is 175 Å². The lowest BCUT2D eigenvalue weighted by Crippen LogP contribution is -2.14. The molecule has 1 N–H and O–H groups in total. The molecule has 3 aromatic carbocycles. The minimum absolute atomic E-state index is 0.460. The van der Waals surface area contributed by atoms with Crippen LogP contribution in [0.1, 0.15) is 22.3 Å². The van der Waals surface area contributed by atoms with Gasteiger partial charge in [0.1, 0.15) is 18.1 Å². The van der Waals surface area contributed by atoms with Crippen molar-refractivity contribution in [1.82, 2.24) is 15.4 Å². The van der Waals surface area contributed by atoms with E-state index in [1.165, 1.54) is 11.1 Å². The lowest BCUT2D eigenvalue weighted by atomic mass is 9.96. The van der Waals surface area contributed by atoms with Gasteiger partial charge in [-0.25, -0.2) is 0 Å². The highest BCUT2D eigenvalue weighted by molar-refractivity contribution is 6.54. The second kappa shape index (κ2) is 7.52. The lowest BCUT2D eigenvalue weighted by molar-refractivity contribution is 0.944. The molecule has 0 atom stereocenters. The van der Waals surface area contributed by atoms with E-state index in [0.717, 1.165) is 45.1 Å². The van der Waals surface area contributed by atoms with Gasteiger partial charge in [0.25, 0.3) is 0 Å². The van der Waals surface area contributed by atoms with Crippen LogP contribution in [0.25, 0.3) is 22.5 Å². The number of hydrogen-bond acceptors (Lipinski definition) is 4. The Kier molecular flexibility index (Phi) is 4.56. The van der Waals surface area contributed by atoms with E-state index in [9.17, 15) is 0 Å². The number of hydrogen-bond donors (Lipinski definition) is 1. The molecule has 0 aliphatic carbocycles. The van der Waals surface area contributed by atoms with Crippen molar-refractivity contribution >= 4 is 11.4 Å². The van der Waals surface area contributed by atoms with Gasteiger partial charge in [0, 0.05) is 22.3 Å². The average Bonchev–Trinajstić information content (AvgIpc) is 3.44. The first kappa shape index (κ1) is 18.2. The first-order chi connectivity index (χ1) is 14.7. The number of aryl methyl sites for hydroxylation is 2. The summed E-state index contributed by atoms with van der Waals surface area (Å²) >= 11 is 0. The Morgan fingerprint density at radius 3 is 1.67 bits per heavy atom. The van der Waals surface area contributed by atoms with Crippen LogP contribution in [0.15, 0.2) is 82.8 Å². The fourth-order valence-corrected chi connectivity index (χ4v) is 3.81.